The van der Waals surface area contributed by atoms with Gasteiger partial charge in [-0.3, -0.25) is 0 Å². The Kier molecular flexibility index (Phi) is 8.57. The van der Waals surface area contributed by atoms with E-state index in [1.54, 1.807) is 0 Å². The SMILES string of the molecule is C=CC(=O)OCCCCCCOC1CCCCC1. The van der Waals surface area contributed by atoms with Gasteiger partial charge in [0.2, 0.25) is 0 Å². The molecule has 1 aliphatic rings. The minimum absolute atomic E-state index is 0.323. The molecule has 0 N–H and O–H groups in total. The molecule has 0 aromatic rings. The molecule has 0 aromatic carbocycles. The fourth-order valence-electron chi connectivity index (χ4n) is 2.27. The van der Waals surface area contributed by atoms with Crippen molar-refractivity contribution in [1.82, 2.24) is 0 Å². The Morgan fingerprint density at radius 3 is 2.39 bits per heavy atom. The van der Waals surface area contributed by atoms with Crippen LogP contribution in [-0.4, -0.2) is 25.3 Å². The van der Waals surface area contributed by atoms with Gasteiger partial charge in [-0.05, 0) is 32.1 Å². The lowest BCUT2D eigenvalue weighted by Gasteiger charge is -2.21. The second-order valence-corrected chi connectivity index (χ2v) is 4.92. The van der Waals surface area contributed by atoms with Crippen molar-refractivity contribution in [1.29, 1.82) is 0 Å². The topological polar surface area (TPSA) is 35.5 Å². The monoisotopic (exact) mass is 254 g/mol. The Hall–Kier alpha value is -0.830. The average Bonchev–Trinajstić information content (AvgIpc) is 2.42. The van der Waals surface area contributed by atoms with Crippen LogP contribution in [0.2, 0.25) is 0 Å². The first-order valence-corrected chi connectivity index (χ1v) is 7.23. The largest absolute Gasteiger partial charge is 0.463 e. The molecule has 0 saturated heterocycles. The van der Waals surface area contributed by atoms with Crippen molar-refractivity contribution in [2.75, 3.05) is 13.2 Å². The van der Waals surface area contributed by atoms with Crippen LogP contribution in [0.25, 0.3) is 0 Å². The zero-order valence-electron chi connectivity index (χ0n) is 11.4. The van der Waals surface area contributed by atoms with E-state index in [9.17, 15) is 4.79 Å². The fraction of sp³-hybridized carbons (Fsp3) is 0.800. The predicted octanol–water partition coefficient (Wildman–Crippen LogP) is 3.63. The maximum atomic E-state index is 10.8. The molecular formula is C15H26O3. The van der Waals surface area contributed by atoms with E-state index in [1.165, 1.54) is 38.2 Å². The van der Waals surface area contributed by atoms with Gasteiger partial charge in [-0.15, -0.1) is 0 Å². The summed E-state index contributed by atoms with van der Waals surface area (Å²) in [6, 6.07) is 0. The van der Waals surface area contributed by atoms with Gasteiger partial charge in [-0.2, -0.15) is 0 Å². The Morgan fingerprint density at radius 2 is 1.72 bits per heavy atom. The zero-order valence-corrected chi connectivity index (χ0v) is 11.4. The van der Waals surface area contributed by atoms with E-state index in [-0.39, 0.29) is 5.97 Å². The van der Waals surface area contributed by atoms with Crippen LogP contribution in [-0.2, 0) is 14.3 Å². The molecule has 104 valence electrons. The highest BCUT2D eigenvalue weighted by atomic mass is 16.5. The smallest absolute Gasteiger partial charge is 0.330 e. The van der Waals surface area contributed by atoms with Crippen molar-refractivity contribution in [3.8, 4) is 0 Å². The lowest BCUT2D eigenvalue weighted by molar-refractivity contribution is -0.137. The molecule has 0 amide bonds. The van der Waals surface area contributed by atoms with Crippen molar-refractivity contribution < 1.29 is 14.3 Å². The second-order valence-electron chi connectivity index (χ2n) is 4.92. The summed E-state index contributed by atoms with van der Waals surface area (Å²) in [7, 11) is 0. The van der Waals surface area contributed by atoms with E-state index >= 15 is 0 Å². The molecule has 0 spiro atoms. The van der Waals surface area contributed by atoms with Crippen molar-refractivity contribution in [3.05, 3.63) is 12.7 Å². The first-order chi connectivity index (χ1) is 8.83. The van der Waals surface area contributed by atoms with Gasteiger partial charge in [0.15, 0.2) is 0 Å². The number of hydrogen-bond acceptors (Lipinski definition) is 3. The summed E-state index contributed by atoms with van der Waals surface area (Å²) in [5.74, 6) is -0.323. The van der Waals surface area contributed by atoms with Gasteiger partial charge in [-0.25, -0.2) is 4.79 Å². The molecule has 0 aliphatic heterocycles. The third kappa shape index (κ3) is 7.49. The van der Waals surface area contributed by atoms with E-state index < -0.39 is 0 Å². The normalized spacial score (nSPS) is 16.4. The molecule has 1 fully saturated rings. The van der Waals surface area contributed by atoms with Crippen LogP contribution in [0.3, 0.4) is 0 Å². The number of unbranched alkanes of at least 4 members (excludes halogenated alkanes) is 3. The zero-order chi connectivity index (χ0) is 13.1. The minimum Gasteiger partial charge on any atom is -0.463 e. The highest BCUT2D eigenvalue weighted by Crippen LogP contribution is 2.20. The molecule has 0 bridgehead atoms. The van der Waals surface area contributed by atoms with E-state index in [1.807, 2.05) is 0 Å². The first kappa shape index (κ1) is 15.2. The molecule has 3 heteroatoms. The molecule has 0 aromatic heterocycles. The third-order valence-electron chi connectivity index (χ3n) is 3.36. The summed E-state index contributed by atoms with van der Waals surface area (Å²) < 4.78 is 10.8. The van der Waals surface area contributed by atoms with Crippen molar-refractivity contribution in [2.24, 2.45) is 0 Å². The summed E-state index contributed by atoms with van der Waals surface area (Å²) in [6.07, 6.45) is 12.6. The highest BCUT2D eigenvalue weighted by molar-refractivity contribution is 5.81. The fourth-order valence-corrected chi connectivity index (χ4v) is 2.27. The maximum absolute atomic E-state index is 10.8. The number of carbonyl (C=O) groups is 1. The number of hydrogen-bond donors (Lipinski definition) is 0. The van der Waals surface area contributed by atoms with Crippen LogP contribution in [0.4, 0.5) is 0 Å². The number of carbonyl (C=O) groups excluding carboxylic acids is 1. The summed E-state index contributed by atoms with van der Waals surface area (Å²) in [5, 5.41) is 0. The summed E-state index contributed by atoms with van der Waals surface area (Å²) >= 11 is 0. The van der Waals surface area contributed by atoms with Crippen LogP contribution in [0.1, 0.15) is 57.8 Å². The quantitative estimate of drug-likeness (QED) is 0.358. The van der Waals surface area contributed by atoms with Gasteiger partial charge in [0.25, 0.3) is 0 Å². The van der Waals surface area contributed by atoms with Crippen molar-refractivity contribution >= 4 is 5.97 Å². The van der Waals surface area contributed by atoms with Gasteiger partial charge in [-0.1, -0.05) is 32.3 Å². The van der Waals surface area contributed by atoms with Crippen LogP contribution in [0.15, 0.2) is 12.7 Å². The molecule has 1 saturated carbocycles. The van der Waals surface area contributed by atoms with Crippen LogP contribution in [0, 0.1) is 0 Å². The molecule has 0 atom stereocenters. The Morgan fingerprint density at radius 1 is 1.06 bits per heavy atom. The van der Waals surface area contributed by atoms with Crippen LogP contribution < -0.4 is 0 Å². The van der Waals surface area contributed by atoms with Gasteiger partial charge in [0.05, 0.1) is 12.7 Å². The Bertz CT molecular complexity index is 232. The maximum Gasteiger partial charge on any atom is 0.330 e. The lowest BCUT2D eigenvalue weighted by Crippen LogP contribution is -2.17. The first-order valence-electron chi connectivity index (χ1n) is 7.23. The molecule has 1 aliphatic carbocycles. The predicted molar refractivity (Wildman–Crippen MR) is 72.4 cm³/mol. The molecule has 1 rings (SSSR count). The minimum atomic E-state index is -0.323. The van der Waals surface area contributed by atoms with E-state index in [2.05, 4.69) is 6.58 Å². The number of esters is 1. The van der Waals surface area contributed by atoms with E-state index in [0.29, 0.717) is 12.7 Å². The summed E-state index contributed by atoms with van der Waals surface area (Å²) in [6.45, 7) is 4.75. The molecule has 3 nitrogen and oxygen atoms in total. The molecular weight excluding hydrogens is 228 g/mol. The van der Waals surface area contributed by atoms with E-state index in [4.69, 9.17) is 9.47 Å². The molecule has 18 heavy (non-hydrogen) atoms. The van der Waals surface area contributed by atoms with Gasteiger partial charge in [0.1, 0.15) is 0 Å². The van der Waals surface area contributed by atoms with Gasteiger partial charge in [0, 0.05) is 12.7 Å². The highest BCUT2D eigenvalue weighted by Gasteiger charge is 2.12. The molecule has 0 heterocycles. The van der Waals surface area contributed by atoms with Gasteiger partial charge < -0.3 is 9.47 Å². The lowest BCUT2D eigenvalue weighted by atomic mass is 9.98. The Balaban J connectivity index is 1.80. The summed E-state index contributed by atoms with van der Waals surface area (Å²) in [5.41, 5.74) is 0. The average molecular weight is 254 g/mol. The molecule has 0 unspecified atom stereocenters. The Labute approximate surface area is 111 Å². The number of ether oxygens (including phenoxy) is 2. The summed E-state index contributed by atoms with van der Waals surface area (Å²) in [4.78, 5) is 10.8. The molecule has 0 radical (unpaired) electrons. The van der Waals surface area contributed by atoms with Crippen molar-refractivity contribution in [3.63, 3.8) is 0 Å². The van der Waals surface area contributed by atoms with Crippen LogP contribution >= 0.6 is 0 Å². The van der Waals surface area contributed by atoms with Crippen LogP contribution in [0.5, 0.6) is 0 Å². The third-order valence-corrected chi connectivity index (χ3v) is 3.36. The second kappa shape index (κ2) is 10.1. The number of rotatable bonds is 9. The van der Waals surface area contributed by atoms with Gasteiger partial charge >= 0.3 is 5.97 Å². The standard InChI is InChI=1S/C15H26O3/c1-2-15(16)18-13-9-4-3-8-12-17-14-10-6-5-7-11-14/h2,14H,1,3-13H2. The van der Waals surface area contributed by atoms with E-state index in [0.717, 1.165) is 32.3 Å². The van der Waals surface area contributed by atoms with Crippen molar-refractivity contribution in [2.45, 2.75) is 63.9 Å².